The van der Waals surface area contributed by atoms with Crippen LogP contribution in [0.5, 0.6) is 17.6 Å². The molecule has 0 fully saturated rings. The van der Waals surface area contributed by atoms with Crippen LogP contribution >= 0.6 is 15.9 Å². The first-order valence-electron chi connectivity index (χ1n) is 9.99. The lowest BCUT2D eigenvalue weighted by Gasteiger charge is -2.15. The van der Waals surface area contributed by atoms with Gasteiger partial charge in [-0.25, -0.2) is 8.42 Å². The van der Waals surface area contributed by atoms with E-state index in [9.17, 15) is 13.2 Å². The maximum atomic E-state index is 12.8. The van der Waals surface area contributed by atoms with Gasteiger partial charge >= 0.3 is 6.01 Å². The Bertz CT molecular complexity index is 1260. The van der Waals surface area contributed by atoms with E-state index in [2.05, 4.69) is 35.9 Å². The van der Waals surface area contributed by atoms with Crippen molar-refractivity contribution in [1.82, 2.24) is 9.97 Å². The van der Waals surface area contributed by atoms with E-state index < -0.39 is 15.9 Å². The van der Waals surface area contributed by atoms with E-state index in [-0.39, 0.29) is 28.7 Å². The Balaban J connectivity index is 1.78. The number of anilines is 2. The SMILES string of the molecule is COc1cc(NS(=O)(=O)c2ccc(NC(=O)c3cc(Br)ccc3OC(C)C)cc2)nc(OC)n1. The van der Waals surface area contributed by atoms with Gasteiger partial charge in [-0.3, -0.25) is 9.52 Å². The Hall–Kier alpha value is -3.38. The number of benzene rings is 2. The van der Waals surface area contributed by atoms with Gasteiger partial charge in [0, 0.05) is 16.2 Å². The van der Waals surface area contributed by atoms with Crippen molar-refractivity contribution in [3.8, 4) is 17.6 Å². The van der Waals surface area contributed by atoms with Gasteiger partial charge < -0.3 is 19.5 Å². The second-order valence-electron chi connectivity index (χ2n) is 7.17. The monoisotopic (exact) mass is 550 g/mol. The molecule has 180 valence electrons. The third kappa shape index (κ3) is 6.35. The molecule has 1 amide bonds. The summed E-state index contributed by atoms with van der Waals surface area (Å²) in [6.07, 6.45) is -0.112. The summed E-state index contributed by atoms with van der Waals surface area (Å²) in [4.78, 5) is 20.7. The molecule has 0 saturated carbocycles. The quantitative estimate of drug-likeness (QED) is 0.407. The molecule has 2 aromatic carbocycles. The van der Waals surface area contributed by atoms with Gasteiger partial charge in [0.15, 0.2) is 5.82 Å². The van der Waals surface area contributed by atoms with Crippen LogP contribution < -0.4 is 24.2 Å². The lowest BCUT2D eigenvalue weighted by Crippen LogP contribution is -2.16. The molecule has 1 heterocycles. The summed E-state index contributed by atoms with van der Waals surface area (Å²) in [7, 11) is -1.24. The average Bonchev–Trinajstić information content (AvgIpc) is 2.79. The highest BCUT2D eigenvalue weighted by molar-refractivity contribution is 9.10. The zero-order chi connectivity index (χ0) is 24.9. The van der Waals surface area contributed by atoms with E-state index in [1.807, 2.05) is 13.8 Å². The molecular weight excluding hydrogens is 528 g/mol. The minimum atomic E-state index is -3.98. The third-order valence-electron chi connectivity index (χ3n) is 4.28. The van der Waals surface area contributed by atoms with Crippen molar-refractivity contribution in [2.24, 2.45) is 0 Å². The molecule has 3 rings (SSSR count). The predicted molar refractivity (Wildman–Crippen MR) is 130 cm³/mol. The van der Waals surface area contributed by atoms with Crippen molar-refractivity contribution in [2.45, 2.75) is 24.8 Å². The summed E-state index contributed by atoms with van der Waals surface area (Å²) >= 11 is 3.36. The fourth-order valence-electron chi connectivity index (χ4n) is 2.80. The normalized spacial score (nSPS) is 11.1. The second kappa shape index (κ2) is 10.7. The van der Waals surface area contributed by atoms with Gasteiger partial charge in [0.2, 0.25) is 5.88 Å². The minimum Gasteiger partial charge on any atom is -0.490 e. The number of nitrogens with one attached hydrogen (secondary N) is 2. The number of hydrogen-bond donors (Lipinski definition) is 2. The maximum Gasteiger partial charge on any atom is 0.321 e. The smallest absolute Gasteiger partial charge is 0.321 e. The van der Waals surface area contributed by atoms with Crippen LogP contribution in [0.4, 0.5) is 11.5 Å². The van der Waals surface area contributed by atoms with Crippen LogP contribution in [0.2, 0.25) is 0 Å². The molecule has 0 aliphatic rings. The number of methoxy groups -OCH3 is 2. The number of aromatic nitrogens is 2. The molecule has 2 N–H and O–H groups in total. The number of halogens is 1. The summed E-state index contributed by atoms with van der Waals surface area (Å²) in [6.45, 7) is 3.73. The van der Waals surface area contributed by atoms with Crippen molar-refractivity contribution in [2.75, 3.05) is 24.3 Å². The van der Waals surface area contributed by atoms with Gasteiger partial charge in [-0.1, -0.05) is 15.9 Å². The first kappa shape index (κ1) is 25.2. The number of nitrogens with zero attached hydrogens (tertiary/aromatic N) is 2. The van der Waals surface area contributed by atoms with Gasteiger partial charge in [0.25, 0.3) is 15.9 Å². The molecule has 0 atom stereocenters. The topological polar surface area (TPSA) is 129 Å². The fourth-order valence-corrected chi connectivity index (χ4v) is 4.15. The number of carbonyl (C=O) groups is 1. The van der Waals surface area contributed by atoms with Crippen LogP contribution in [-0.2, 0) is 10.0 Å². The van der Waals surface area contributed by atoms with Crippen LogP contribution in [0, 0.1) is 0 Å². The first-order valence-corrected chi connectivity index (χ1v) is 12.3. The molecule has 0 unspecified atom stereocenters. The summed E-state index contributed by atoms with van der Waals surface area (Å²) in [5.74, 6) is 0.157. The molecule has 0 radical (unpaired) electrons. The lowest BCUT2D eigenvalue weighted by molar-refractivity contribution is 0.102. The number of hydrogen-bond acceptors (Lipinski definition) is 8. The van der Waals surface area contributed by atoms with E-state index in [1.54, 1.807) is 18.2 Å². The number of sulfonamides is 1. The van der Waals surface area contributed by atoms with Crippen LogP contribution in [0.1, 0.15) is 24.2 Å². The standard InChI is InChI=1S/C22H23BrN4O6S/c1-13(2)33-18-10-5-14(23)11-17(18)21(28)24-15-6-8-16(9-7-15)34(29,30)27-19-12-20(31-3)26-22(25-19)32-4/h5-13H,1-4H3,(H,24,28)(H,25,26,27). The van der Waals surface area contributed by atoms with Crippen molar-refractivity contribution in [3.63, 3.8) is 0 Å². The van der Waals surface area contributed by atoms with Gasteiger partial charge in [-0.05, 0) is 56.3 Å². The highest BCUT2D eigenvalue weighted by atomic mass is 79.9. The fraction of sp³-hybridized carbons (Fsp3) is 0.227. The largest absolute Gasteiger partial charge is 0.490 e. The molecule has 34 heavy (non-hydrogen) atoms. The highest BCUT2D eigenvalue weighted by Crippen LogP contribution is 2.26. The number of ether oxygens (including phenoxy) is 3. The molecular formula is C22H23BrN4O6S. The van der Waals surface area contributed by atoms with Crippen molar-refractivity contribution in [3.05, 3.63) is 58.6 Å². The second-order valence-corrected chi connectivity index (χ2v) is 9.77. The van der Waals surface area contributed by atoms with Crippen LogP contribution in [0.15, 0.2) is 57.9 Å². The van der Waals surface area contributed by atoms with E-state index in [1.165, 1.54) is 44.6 Å². The predicted octanol–water partition coefficient (Wildman–Crippen LogP) is 4.10. The number of amides is 1. The Morgan fingerprint density at radius 2 is 1.71 bits per heavy atom. The molecule has 1 aromatic heterocycles. The molecule has 12 heteroatoms. The van der Waals surface area contributed by atoms with E-state index in [0.717, 1.165) is 4.47 Å². The number of rotatable bonds is 9. The highest BCUT2D eigenvalue weighted by Gasteiger charge is 2.18. The molecule has 0 saturated heterocycles. The van der Waals surface area contributed by atoms with E-state index >= 15 is 0 Å². The van der Waals surface area contributed by atoms with Gasteiger partial charge in [0.05, 0.1) is 30.8 Å². The zero-order valence-electron chi connectivity index (χ0n) is 18.8. The summed E-state index contributed by atoms with van der Waals surface area (Å²) in [6, 6.07) is 12.1. The van der Waals surface area contributed by atoms with Crippen molar-refractivity contribution in [1.29, 1.82) is 0 Å². The zero-order valence-corrected chi connectivity index (χ0v) is 21.2. The summed E-state index contributed by atoms with van der Waals surface area (Å²) in [5, 5.41) is 2.75. The Morgan fingerprint density at radius 3 is 2.32 bits per heavy atom. The molecule has 3 aromatic rings. The number of carbonyl (C=O) groups excluding carboxylic acids is 1. The van der Waals surface area contributed by atoms with Crippen LogP contribution in [0.25, 0.3) is 0 Å². The molecule has 10 nitrogen and oxygen atoms in total. The molecule has 0 aliphatic carbocycles. The molecule has 0 aliphatic heterocycles. The Morgan fingerprint density at radius 1 is 1.00 bits per heavy atom. The molecule has 0 spiro atoms. The van der Waals surface area contributed by atoms with Crippen molar-refractivity contribution >= 4 is 43.4 Å². The lowest BCUT2D eigenvalue weighted by atomic mass is 10.1. The van der Waals surface area contributed by atoms with Crippen LogP contribution in [0.3, 0.4) is 0 Å². The third-order valence-corrected chi connectivity index (χ3v) is 6.15. The van der Waals surface area contributed by atoms with Crippen molar-refractivity contribution < 1.29 is 27.4 Å². The molecule has 0 bridgehead atoms. The van der Waals surface area contributed by atoms with E-state index in [0.29, 0.717) is 17.0 Å². The average molecular weight is 551 g/mol. The summed E-state index contributed by atoms with van der Waals surface area (Å²) in [5.41, 5.74) is 0.748. The van der Waals surface area contributed by atoms with Gasteiger partial charge in [-0.2, -0.15) is 9.97 Å². The summed E-state index contributed by atoms with van der Waals surface area (Å²) < 4.78 is 44.3. The first-order chi connectivity index (χ1) is 16.1. The minimum absolute atomic E-state index is 0.0200. The van der Waals surface area contributed by atoms with Crippen LogP contribution in [-0.4, -0.2) is 44.6 Å². The van der Waals surface area contributed by atoms with E-state index in [4.69, 9.17) is 14.2 Å². The van der Waals surface area contributed by atoms with Gasteiger partial charge in [0.1, 0.15) is 5.75 Å². The van der Waals surface area contributed by atoms with Gasteiger partial charge in [-0.15, -0.1) is 0 Å². The Kier molecular flexibility index (Phi) is 7.94. The maximum absolute atomic E-state index is 12.8. The Labute approximate surface area is 205 Å².